The third-order valence-electron chi connectivity index (χ3n) is 6.08. The molecule has 1 N–H and O–H groups in total. The molecule has 0 amide bonds. The van der Waals surface area contributed by atoms with E-state index in [9.17, 15) is 13.7 Å². The van der Waals surface area contributed by atoms with E-state index in [1.54, 1.807) is 17.5 Å². The van der Waals surface area contributed by atoms with Gasteiger partial charge < -0.3 is 0 Å². The van der Waals surface area contributed by atoms with Gasteiger partial charge in [0.25, 0.3) is 0 Å². The second kappa shape index (κ2) is 9.34. The molecule has 0 aromatic carbocycles. The summed E-state index contributed by atoms with van der Waals surface area (Å²) in [6.45, 7) is 2.27. The van der Waals surface area contributed by atoms with Gasteiger partial charge in [0.05, 0.1) is 11.3 Å². The average Bonchev–Trinajstić information content (AvgIpc) is 3.17. The number of nitrogens with one attached hydrogen (secondary N) is 1. The smallest absolute Gasteiger partial charge is 0.211 e. The summed E-state index contributed by atoms with van der Waals surface area (Å²) in [5, 5.41) is 12.6. The summed E-state index contributed by atoms with van der Waals surface area (Å²) in [7, 11) is -1.60. The monoisotopic (exact) mass is 419 g/mol. The summed E-state index contributed by atoms with van der Waals surface area (Å²) < 4.78 is 25.9. The molecule has 5 nitrogen and oxygen atoms in total. The van der Waals surface area contributed by atoms with Gasteiger partial charge in [0, 0.05) is 11.6 Å². The highest BCUT2D eigenvalue weighted by molar-refractivity contribution is 7.89. The van der Waals surface area contributed by atoms with Crippen LogP contribution >= 0.6 is 11.3 Å². The van der Waals surface area contributed by atoms with E-state index in [1.807, 2.05) is 5.38 Å². The lowest BCUT2D eigenvalue weighted by atomic mass is 9.79. The predicted molar refractivity (Wildman–Crippen MR) is 115 cm³/mol. The number of hydrogen-bond acceptors (Lipinski definition) is 5. The standard InChI is InChI=1S/C21H29N3O2S2/c1-15(11-20-18(12-22)13-24-21-19(20)9-10-27-21)3-4-16-5-7-17(8-6-16)14-28(25,26)23-2/h9-10,13,15-17,23H,3-8,11,14H2,1-2H3. The lowest BCUT2D eigenvalue weighted by Gasteiger charge is -2.29. The van der Waals surface area contributed by atoms with Crippen LogP contribution in [0.3, 0.4) is 0 Å². The van der Waals surface area contributed by atoms with E-state index in [-0.39, 0.29) is 5.75 Å². The molecule has 0 radical (unpaired) electrons. The quantitative estimate of drug-likeness (QED) is 0.684. The van der Waals surface area contributed by atoms with Gasteiger partial charge in [0.1, 0.15) is 10.9 Å². The molecule has 0 bridgehead atoms. The van der Waals surface area contributed by atoms with E-state index in [4.69, 9.17) is 0 Å². The normalized spacial score (nSPS) is 21.5. The van der Waals surface area contributed by atoms with Crippen molar-refractivity contribution in [2.75, 3.05) is 12.8 Å². The van der Waals surface area contributed by atoms with Crippen molar-refractivity contribution in [2.24, 2.45) is 17.8 Å². The number of hydrogen-bond donors (Lipinski definition) is 1. The number of thiophene rings is 1. The van der Waals surface area contributed by atoms with Crippen LogP contribution in [0.5, 0.6) is 0 Å². The number of nitriles is 1. The minimum absolute atomic E-state index is 0.266. The Labute approximate surface area is 172 Å². The van der Waals surface area contributed by atoms with Crippen LogP contribution in [-0.2, 0) is 16.4 Å². The molecule has 2 heterocycles. The van der Waals surface area contributed by atoms with Gasteiger partial charge in [0.2, 0.25) is 10.0 Å². The molecule has 1 atom stereocenters. The Morgan fingerprint density at radius 2 is 2.04 bits per heavy atom. The Hall–Kier alpha value is -1.49. The van der Waals surface area contributed by atoms with Gasteiger partial charge in [-0.15, -0.1) is 11.3 Å². The highest BCUT2D eigenvalue weighted by Gasteiger charge is 2.25. The fraction of sp³-hybridized carbons (Fsp3) is 0.619. The number of aromatic nitrogens is 1. The fourth-order valence-electron chi connectivity index (χ4n) is 4.34. The van der Waals surface area contributed by atoms with Crippen molar-refractivity contribution in [3.8, 4) is 6.07 Å². The molecule has 1 fully saturated rings. The molecule has 2 aromatic rings. The molecule has 28 heavy (non-hydrogen) atoms. The van der Waals surface area contributed by atoms with Crippen molar-refractivity contribution in [2.45, 2.75) is 51.9 Å². The predicted octanol–water partition coefficient (Wildman–Crippen LogP) is 4.48. The van der Waals surface area contributed by atoms with Crippen molar-refractivity contribution >= 4 is 31.6 Å². The number of fused-ring (bicyclic) bond motifs is 1. The van der Waals surface area contributed by atoms with Crippen molar-refractivity contribution in [3.63, 3.8) is 0 Å². The van der Waals surface area contributed by atoms with E-state index >= 15 is 0 Å². The maximum atomic E-state index is 11.7. The Balaban J connectivity index is 1.50. The molecular weight excluding hydrogens is 390 g/mol. The first-order valence-corrected chi connectivity index (χ1v) is 12.6. The minimum Gasteiger partial charge on any atom is -0.244 e. The lowest BCUT2D eigenvalue weighted by Crippen LogP contribution is -2.29. The number of pyridine rings is 1. The maximum Gasteiger partial charge on any atom is 0.211 e. The Bertz CT molecular complexity index is 938. The maximum absolute atomic E-state index is 11.7. The molecule has 0 aliphatic heterocycles. The first kappa shape index (κ1) is 21.2. The average molecular weight is 420 g/mol. The summed E-state index contributed by atoms with van der Waals surface area (Å²) in [4.78, 5) is 5.40. The van der Waals surface area contributed by atoms with Crippen molar-refractivity contribution in [3.05, 3.63) is 28.8 Å². The summed E-state index contributed by atoms with van der Waals surface area (Å²) in [5.41, 5.74) is 1.84. The third-order valence-corrected chi connectivity index (χ3v) is 8.43. The van der Waals surface area contributed by atoms with Gasteiger partial charge in [-0.2, -0.15) is 5.26 Å². The van der Waals surface area contributed by atoms with E-state index < -0.39 is 10.0 Å². The molecule has 7 heteroatoms. The molecule has 1 unspecified atom stereocenters. The first-order chi connectivity index (χ1) is 13.4. The summed E-state index contributed by atoms with van der Waals surface area (Å²) in [6, 6.07) is 4.38. The van der Waals surface area contributed by atoms with Crippen molar-refractivity contribution in [1.82, 2.24) is 9.71 Å². The van der Waals surface area contributed by atoms with Crippen LogP contribution in [0.15, 0.2) is 17.6 Å². The zero-order valence-electron chi connectivity index (χ0n) is 16.6. The minimum atomic E-state index is -3.10. The largest absolute Gasteiger partial charge is 0.244 e. The molecule has 3 rings (SSSR count). The van der Waals surface area contributed by atoms with Crippen LogP contribution in [-0.4, -0.2) is 26.2 Å². The molecule has 1 aliphatic carbocycles. The highest BCUT2D eigenvalue weighted by atomic mass is 32.2. The van der Waals surface area contributed by atoms with E-state index in [2.05, 4.69) is 28.8 Å². The molecule has 1 saturated carbocycles. The molecule has 1 aliphatic rings. The van der Waals surface area contributed by atoms with Crippen LogP contribution in [0, 0.1) is 29.1 Å². The first-order valence-electron chi connectivity index (χ1n) is 10.1. The van der Waals surface area contributed by atoms with Crippen LogP contribution in [0.4, 0.5) is 0 Å². The van der Waals surface area contributed by atoms with Crippen molar-refractivity contribution in [1.29, 1.82) is 5.26 Å². The molecule has 0 spiro atoms. The van der Waals surface area contributed by atoms with Crippen molar-refractivity contribution < 1.29 is 8.42 Å². The number of rotatable bonds is 8. The topological polar surface area (TPSA) is 82.9 Å². The van der Waals surface area contributed by atoms with Gasteiger partial charge >= 0.3 is 0 Å². The van der Waals surface area contributed by atoms with Gasteiger partial charge in [-0.3, -0.25) is 0 Å². The van der Waals surface area contributed by atoms with Crippen LogP contribution < -0.4 is 4.72 Å². The second-order valence-electron chi connectivity index (χ2n) is 8.16. The second-order valence-corrected chi connectivity index (χ2v) is 11.0. The van der Waals surface area contributed by atoms with Gasteiger partial charge in [-0.1, -0.05) is 32.6 Å². The Kier molecular flexibility index (Phi) is 7.08. The van der Waals surface area contributed by atoms with Crippen LogP contribution in [0.1, 0.15) is 56.6 Å². The SMILES string of the molecule is CNS(=O)(=O)CC1CCC(CCC(C)Cc2c(C#N)cnc3sccc23)CC1. The zero-order chi connectivity index (χ0) is 20.1. The lowest BCUT2D eigenvalue weighted by molar-refractivity contribution is 0.263. The molecular formula is C21H29N3O2S2. The highest BCUT2D eigenvalue weighted by Crippen LogP contribution is 2.34. The third kappa shape index (κ3) is 5.31. The summed E-state index contributed by atoms with van der Waals surface area (Å²) >= 11 is 1.62. The molecule has 2 aromatic heterocycles. The van der Waals surface area contributed by atoms with Gasteiger partial charge in [-0.05, 0) is 61.1 Å². The van der Waals surface area contributed by atoms with Crippen LogP contribution in [0.2, 0.25) is 0 Å². The fourth-order valence-corrected chi connectivity index (χ4v) is 6.23. The zero-order valence-corrected chi connectivity index (χ0v) is 18.3. The van der Waals surface area contributed by atoms with E-state index in [0.717, 1.165) is 54.3 Å². The Morgan fingerprint density at radius 3 is 2.71 bits per heavy atom. The molecule has 0 saturated heterocycles. The molecule has 152 valence electrons. The van der Waals surface area contributed by atoms with Crippen LogP contribution in [0.25, 0.3) is 10.2 Å². The van der Waals surface area contributed by atoms with Gasteiger partial charge in [0.15, 0.2) is 0 Å². The summed E-state index contributed by atoms with van der Waals surface area (Å²) in [5.74, 6) is 1.78. The Morgan fingerprint density at radius 1 is 1.32 bits per heavy atom. The number of nitrogens with zero attached hydrogens (tertiary/aromatic N) is 2. The van der Waals surface area contributed by atoms with E-state index in [1.165, 1.54) is 13.5 Å². The van der Waals surface area contributed by atoms with Gasteiger partial charge in [-0.25, -0.2) is 18.1 Å². The van der Waals surface area contributed by atoms with E-state index in [0.29, 0.717) is 23.3 Å². The summed E-state index contributed by atoms with van der Waals surface area (Å²) in [6.07, 6.45) is 9.23. The number of sulfonamides is 1.